The zero-order valence-electron chi connectivity index (χ0n) is 10.2. The monoisotopic (exact) mass is 251 g/mol. The molecule has 96 valence electrons. The lowest BCUT2D eigenvalue weighted by molar-refractivity contribution is 0.409. The minimum Gasteiger partial charge on any atom is -0.494 e. The van der Waals surface area contributed by atoms with Crippen LogP contribution in [0.25, 0.3) is 5.69 Å². The fourth-order valence-corrected chi connectivity index (χ4v) is 1.61. The molecule has 0 aliphatic heterocycles. The molecular formula is C11H14FN5O. The first-order chi connectivity index (χ1) is 8.76. The van der Waals surface area contributed by atoms with Gasteiger partial charge in [-0.15, -0.1) is 5.10 Å². The number of tetrazole rings is 1. The van der Waals surface area contributed by atoms with Crippen LogP contribution < -0.4 is 10.1 Å². The van der Waals surface area contributed by atoms with Crippen molar-refractivity contribution in [2.45, 2.75) is 6.42 Å². The van der Waals surface area contributed by atoms with E-state index >= 15 is 0 Å². The van der Waals surface area contributed by atoms with E-state index in [1.807, 2.05) is 7.05 Å². The van der Waals surface area contributed by atoms with E-state index in [-0.39, 0.29) is 5.82 Å². The quantitative estimate of drug-likeness (QED) is 0.841. The average Bonchev–Trinajstić information content (AvgIpc) is 2.84. The van der Waals surface area contributed by atoms with Gasteiger partial charge in [0, 0.05) is 19.0 Å². The first-order valence-electron chi connectivity index (χ1n) is 5.52. The van der Waals surface area contributed by atoms with Gasteiger partial charge in [0.15, 0.2) is 5.82 Å². The molecule has 1 aromatic heterocycles. The Morgan fingerprint density at radius 2 is 2.28 bits per heavy atom. The zero-order valence-corrected chi connectivity index (χ0v) is 10.2. The third kappa shape index (κ3) is 2.45. The van der Waals surface area contributed by atoms with Gasteiger partial charge in [-0.05, 0) is 29.6 Å². The SMILES string of the molecule is CNCCc1nnnn1-c1cc(F)ccc1OC. The minimum absolute atomic E-state index is 0.360. The predicted octanol–water partition coefficient (Wildman–Crippen LogP) is 0.572. The molecule has 0 spiro atoms. The van der Waals surface area contributed by atoms with Crippen LogP contribution in [0.5, 0.6) is 5.75 Å². The molecule has 0 bridgehead atoms. The van der Waals surface area contributed by atoms with E-state index in [2.05, 4.69) is 20.8 Å². The Hall–Kier alpha value is -2.02. The van der Waals surface area contributed by atoms with Crippen molar-refractivity contribution in [3.8, 4) is 11.4 Å². The fourth-order valence-electron chi connectivity index (χ4n) is 1.61. The lowest BCUT2D eigenvalue weighted by atomic mass is 10.2. The standard InChI is InChI=1S/C11H14FN5O/c1-13-6-5-11-14-15-16-17(11)9-7-8(12)3-4-10(9)18-2/h3-4,7,13H,5-6H2,1-2H3. The average molecular weight is 251 g/mol. The topological polar surface area (TPSA) is 64.9 Å². The molecular weight excluding hydrogens is 237 g/mol. The molecule has 0 aliphatic carbocycles. The maximum atomic E-state index is 13.3. The molecule has 0 atom stereocenters. The Bertz CT molecular complexity index is 528. The van der Waals surface area contributed by atoms with Crippen molar-refractivity contribution in [2.75, 3.05) is 20.7 Å². The first-order valence-corrected chi connectivity index (χ1v) is 5.52. The maximum absolute atomic E-state index is 13.3. The van der Waals surface area contributed by atoms with E-state index in [1.54, 1.807) is 6.07 Å². The van der Waals surface area contributed by atoms with Gasteiger partial charge in [-0.1, -0.05) is 0 Å². The predicted molar refractivity (Wildman–Crippen MR) is 63.3 cm³/mol. The third-order valence-corrected chi connectivity index (χ3v) is 2.50. The van der Waals surface area contributed by atoms with Crippen LogP contribution in [0, 0.1) is 5.82 Å². The van der Waals surface area contributed by atoms with E-state index < -0.39 is 0 Å². The number of ether oxygens (including phenoxy) is 1. The zero-order chi connectivity index (χ0) is 13.0. The van der Waals surface area contributed by atoms with E-state index in [0.717, 1.165) is 6.54 Å². The summed E-state index contributed by atoms with van der Waals surface area (Å²) in [5.74, 6) is 0.809. The maximum Gasteiger partial charge on any atom is 0.158 e. The van der Waals surface area contributed by atoms with Crippen LogP contribution in [0.2, 0.25) is 0 Å². The Balaban J connectivity index is 2.41. The van der Waals surface area contributed by atoms with Crippen LogP contribution in [0.15, 0.2) is 18.2 Å². The van der Waals surface area contributed by atoms with Crippen molar-refractivity contribution in [1.29, 1.82) is 0 Å². The van der Waals surface area contributed by atoms with Crippen LogP contribution in [-0.4, -0.2) is 40.9 Å². The molecule has 1 aromatic carbocycles. The molecule has 0 fully saturated rings. The second kappa shape index (κ2) is 5.54. The molecule has 1 N–H and O–H groups in total. The number of hydrogen-bond acceptors (Lipinski definition) is 5. The number of methoxy groups -OCH3 is 1. The largest absolute Gasteiger partial charge is 0.494 e. The molecule has 0 radical (unpaired) electrons. The molecule has 6 nitrogen and oxygen atoms in total. The Labute approximate surface area is 104 Å². The lowest BCUT2D eigenvalue weighted by Gasteiger charge is -2.09. The Kier molecular flexibility index (Phi) is 3.83. The summed E-state index contributed by atoms with van der Waals surface area (Å²) >= 11 is 0. The summed E-state index contributed by atoms with van der Waals surface area (Å²) in [6.07, 6.45) is 0.642. The van der Waals surface area contributed by atoms with E-state index in [4.69, 9.17) is 4.74 Å². The smallest absolute Gasteiger partial charge is 0.158 e. The van der Waals surface area contributed by atoms with E-state index in [1.165, 1.54) is 23.9 Å². The minimum atomic E-state index is -0.360. The van der Waals surface area contributed by atoms with E-state index in [0.29, 0.717) is 23.7 Å². The number of likely N-dealkylation sites (N-methyl/N-ethyl adjacent to an activating group) is 1. The Morgan fingerprint density at radius 1 is 1.44 bits per heavy atom. The number of nitrogens with one attached hydrogen (secondary N) is 1. The molecule has 0 unspecified atom stereocenters. The lowest BCUT2D eigenvalue weighted by Crippen LogP contribution is -2.14. The van der Waals surface area contributed by atoms with Crippen molar-refractivity contribution in [3.05, 3.63) is 29.8 Å². The summed E-state index contributed by atoms with van der Waals surface area (Å²) in [7, 11) is 3.37. The Morgan fingerprint density at radius 3 is 3.00 bits per heavy atom. The highest BCUT2D eigenvalue weighted by Crippen LogP contribution is 2.23. The molecule has 1 heterocycles. The number of benzene rings is 1. The van der Waals surface area contributed by atoms with Crippen molar-refractivity contribution in [2.24, 2.45) is 0 Å². The third-order valence-electron chi connectivity index (χ3n) is 2.50. The van der Waals surface area contributed by atoms with Crippen molar-refractivity contribution < 1.29 is 9.13 Å². The van der Waals surface area contributed by atoms with Crippen LogP contribution in [0.1, 0.15) is 5.82 Å². The molecule has 0 aliphatic rings. The van der Waals surface area contributed by atoms with Gasteiger partial charge in [0.05, 0.1) is 7.11 Å². The fraction of sp³-hybridized carbons (Fsp3) is 0.364. The highest BCUT2D eigenvalue weighted by molar-refractivity contribution is 5.46. The summed E-state index contributed by atoms with van der Waals surface area (Å²) in [5.41, 5.74) is 0.494. The highest BCUT2D eigenvalue weighted by atomic mass is 19.1. The van der Waals surface area contributed by atoms with Gasteiger partial charge in [-0.3, -0.25) is 0 Å². The second-order valence-electron chi connectivity index (χ2n) is 3.68. The number of aromatic nitrogens is 4. The van der Waals surface area contributed by atoms with Gasteiger partial charge < -0.3 is 10.1 Å². The summed E-state index contributed by atoms with van der Waals surface area (Å²) in [6.45, 7) is 0.734. The van der Waals surface area contributed by atoms with Crippen LogP contribution in [0.4, 0.5) is 4.39 Å². The molecule has 2 aromatic rings. The first kappa shape index (κ1) is 12.4. The second-order valence-corrected chi connectivity index (χ2v) is 3.68. The number of hydrogen-bond donors (Lipinski definition) is 1. The normalized spacial score (nSPS) is 10.6. The van der Waals surface area contributed by atoms with Crippen LogP contribution in [-0.2, 0) is 6.42 Å². The molecule has 0 amide bonds. The highest BCUT2D eigenvalue weighted by Gasteiger charge is 2.13. The van der Waals surface area contributed by atoms with Gasteiger partial charge in [0.25, 0.3) is 0 Å². The summed E-state index contributed by atoms with van der Waals surface area (Å²) < 4.78 is 20.0. The number of nitrogens with zero attached hydrogens (tertiary/aromatic N) is 4. The summed E-state index contributed by atoms with van der Waals surface area (Å²) in [4.78, 5) is 0. The molecule has 0 saturated heterocycles. The van der Waals surface area contributed by atoms with Gasteiger partial charge >= 0.3 is 0 Å². The van der Waals surface area contributed by atoms with Crippen molar-refractivity contribution in [1.82, 2.24) is 25.5 Å². The summed E-state index contributed by atoms with van der Waals surface area (Å²) in [6, 6.07) is 4.23. The van der Waals surface area contributed by atoms with Crippen molar-refractivity contribution in [3.63, 3.8) is 0 Å². The van der Waals surface area contributed by atoms with E-state index in [9.17, 15) is 4.39 Å². The van der Waals surface area contributed by atoms with Gasteiger partial charge in [0.2, 0.25) is 0 Å². The van der Waals surface area contributed by atoms with Gasteiger partial charge in [-0.25, -0.2) is 4.39 Å². The molecule has 2 rings (SSSR count). The number of halogens is 1. The molecule has 0 saturated carbocycles. The molecule has 7 heteroatoms. The molecule has 18 heavy (non-hydrogen) atoms. The van der Waals surface area contributed by atoms with Crippen LogP contribution >= 0.6 is 0 Å². The van der Waals surface area contributed by atoms with Crippen LogP contribution in [0.3, 0.4) is 0 Å². The van der Waals surface area contributed by atoms with Gasteiger partial charge in [0.1, 0.15) is 17.3 Å². The van der Waals surface area contributed by atoms with Gasteiger partial charge in [-0.2, -0.15) is 4.68 Å². The van der Waals surface area contributed by atoms with Crippen molar-refractivity contribution >= 4 is 0 Å². The summed E-state index contributed by atoms with van der Waals surface area (Å²) in [5, 5.41) is 14.4. The number of rotatable bonds is 5.